The Labute approximate surface area is 191 Å². The van der Waals surface area contributed by atoms with Gasteiger partial charge < -0.3 is 10.1 Å². The third-order valence-electron chi connectivity index (χ3n) is 5.27. The standard InChI is InChI=1S/C24H23N3O5S/c1-17-8-11-20(12-9-17)33(30,31)27-22-13-10-19(32-2)14-21(22)24(29)26(27)16-23(28)25-15-18-6-4-3-5-7-18/h3-14H,15-16H2,1-2H3,(H,25,28). The van der Waals surface area contributed by atoms with Crippen molar-refractivity contribution in [1.82, 2.24) is 14.1 Å². The molecule has 8 nitrogen and oxygen atoms in total. The van der Waals surface area contributed by atoms with Gasteiger partial charge in [-0.1, -0.05) is 48.0 Å². The molecule has 0 saturated carbocycles. The lowest BCUT2D eigenvalue weighted by molar-refractivity contribution is -0.122. The third-order valence-corrected chi connectivity index (χ3v) is 6.98. The van der Waals surface area contributed by atoms with Crippen molar-refractivity contribution < 1.29 is 17.9 Å². The van der Waals surface area contributed by atoms with Crippen LogP contribution < -0.4 is 15.6 Å². The fourth-order valence-corrected chi connectivity index (χ4v) is 5.01. The number of carbonyl (C=O) groups is 1. The van der Waals surface area contributed by atoms with Crippen LogP contribution in [0, 0.1) is 6.92 Å². The van der Waals surface area contributed by atoms with Crippen molar-refractivity contribution in [3.8, 4) is 5.75 Å². The Morgan fingerprint density at radius 2 is 1.70 bits per heavy atom. The van der Waals surface area contributed by atoms with Gasteiger partial charge in [0.25, 0.3) is 15.6 Å². The van der Waals surface area contributed by atoms with Gasteiger partial charge in [0.15, 0.2) is 0 Å². The fraction of sp³-hybridized carbons (Fsp3) is 0.167. The number of hydrogen-bond acceptors (Lipinski definition) is 5. The zero-order chi connectivity index (χ0) is 23.6. The largest absolute Gasteiger partial charge is 0.497 e. The Kier molecular flexibility index (Phi) is 6.06. The van der Waals surface area contributed by atoms with Crippen LogP contribution in [0.4, 0.5) is 0 Å². The number of aryl methyl sites for hydroxylation is 1. The van der Waals surface area contributed by atoms with E-state index in [1.807, 2.05) is 37.3 Å². The maximum Gasteiger partial charge on any atom is 0.282 e. The summed E-state index contributed by atoms with van der Waals surface area (Å²) in [5.74, 6) is -0.0822. The number of nitrogens with zero attached hydrogens (tertiary/aromatic N) is 2. The second kappa shape index (κ2) is 8.95. The van der Waals surface area contributed by atoms with Gasteiger partial charge in [-0.05, 0) is 42.8 Å². The van der Waals surface area contributed by atoms with Crippen molar-refractivity contribution in [3.63, 3.8) is 0 Å². The average Bonchev–Trinajstić information content (AvgIpc) is 3.10. The van der Waals surface area contributed by atoms with Crippen LogP contribution in [0.2, 0.25) is 0 Å². The molecular weight excluding hydrogens is 442 g/mol. The lowest BCUT2D eigenvalue weighted by Crippen LogP contribution is -2.35. The molecule has 0 saturated heterocycles. The molecule has 4 rings (SSSR count). The molecule has 0 fully saturated rings. The van der Waals surface area contributed by atoms with E-state index in [9.17, 15) is 18.0 Å². The highest BCUT2D eigenvalue weighted by atomic mass is 32.2. The van der Waals surface area contributed by atoms with Gasteiger partial charge in [-0.3, -0.25) is 9.59 Å². The van der Waals surface area contributed by atoms with E-state index in [1.165, 1.54) is 31.4 Å². The fourth-order valence-electron chi connectivity index (χ4n) is 3.53. The number of ether oxygens (including phenoxy) is 1. The highest BCUT2D eigenvalue weighted by Crippen LogP contribution is 2.23. The molecule has 1 amide bonds. The smallest absolute Gasteiger partial charge is 0.282 e. The minimum absolute atomic E-state index is 0.0132. The summed E-state index contributed by atoms with van der Waals surface area (Å²) in [6, 6.07) is 20.1. The number of hydrogen-bond donors (Lipinski definition) is 1. The van der Waals surface area contributed by atoms with Gasteiger partial charge in [-0.2, -0.15) is 12.5 Å². The summed E-state index contributed by atoms with van der Waals surface area (Å²) in [5.41, 5.74) is 1.34. The Bertz CT molecular complexity index is 1470. The second-order valence-corrected chi connectivity index (χ2v) is 9.34. The van der Waals surface area contributed by atoms with Crippen LogP contribution in [-0.2, 0) is 27.9 Å². The van der Waals surface area contributed by atoms with E-state index in [0.717, 1.165) is 19.9 Å². The highest BCUT2D eigenvalue weighted by molar-refractivity contribution is 7.90. The van der Waals surface area contributed by atoms with Crippen molar-refractivity contribution in [3.05, 3.63) is 94.3 Å². The molecule has 0 aliphatic rings. The number of amides is 1. The van der Waals surface area contributed by atoms with Crippen LogP contribution in [0.1, 0.15) is 11.1 Å². The van der Waals surface area contributed by atoms with Crippen molar-refractivity contribution in [2.24, 2.45) is 0 Å². The lowest BCUT2D eigenvalue weighted by atomic mass is 10.2. The van der Waals surface area contributed by atoms with Gasteiger partial charge in [0.05, 0.1) is 22.9 Å². The Hall–Kier alpha value is -3.85. The molecule has 0 atom stereocenters. The van der Waals surface area contributed by atoms with Gasteiger partial charge in [0.2, 0.25) is 5.91 Å². The number of nitrogens with one attached hydrogen (secondary N) is 1. The molecule has 0 radical (unpaired) electrons. The zero-order valence-electron chi connectivity index (χ0n) is 18.2. The highest BCUT2D eigenvalue weighted by Gasteiger charge is 2.26. The maximum absolute atomic E-state index is 13.5. The minimum Gasteiger partial charge on any atom is -0.497 e. The summed E-state index contributed by atoms with van der Waals surface area (Å²) in [7, 11) is -2.71. The number of rotatable bonds is 7. The average molecular weight is 466 g/mol. The van der Waals surface area contributed by atoms with Gasteiger partial charge >= 0.3 is 0 Å². The first-order valence-corrected chi connectivity index (χ1v) is 11.7. The molecule has 4 aromatic rings. The molecule has 0 aliphatic heterocycles. The molecule has 33 heavy (non-hydrogen) atoms. The first kappa shape index (κ1) is 22.3. The van der Waals surface area contributed by atoms with E-state index in [0.29, 0.717) is 5.75 Å². The van der Waals surface area contributed by atoms with Gasteiger partial charge in [0.1, 0.15) is 12.3 Å². The molecule has 1 N–H and O–H groups in total. The summed E-state index contributed by atoms with van der Waals surface area (Å²) in [5, 5.41) is 2.88. The first-order chi connectivity index (χ1) is 15.8. The maximum atomic E-state index is 13.5. The molecule has 1 aromatic heterocycles. The van der Waals surface area contributed by atoms with E-state index in [2.05, 4.69) is 5.32 Å². The molecule has 9 heteroatoms. The molecule has 1 heterocycles. The summed E-state index contributed by atoms with van der Waals surface area (Å²) >= 11 is 0. The summed E-state index contributed by atoms with van der Waals surface area (Å²) < 4.78 is 34.1. The van der Waals surface area contributed by atoms with Crippen molar-refractivity contribution >= 4 is 26.8 Å². The zero-order valence-corrected chi connectivity index (χ0v) is 19.0. The minimum atomic E-state index is -4.17. The van der Waals surface area contributed by atoms with Crippen LogP contribution in [0.5, 0.6) is 5.75 Å². The Morgan fingerprint density at radius 3 is 2.36 bits per heavy atom. The molecule has 0 unspecified atom stereocenters. The van der Waals surface area contributed by atoms with Gasteiger partial charge in [-0.15, -0.1) is 0 Å². The lowest BCUT2D eigenvalue weighted by Gasteiger charge is -2.14. The molecule has 0 spiro atoms. The van der Waals surface area contributed by atoms with Crippen molar-refractivity contribution in [2.75, 3.05) is 7.11 Å². The predicted octanol–water partition coefficient (Wildman–Crippen LogP) is 2.67. The number of benzene rings is 3. The Balaban J connectivity index is 1.79. The van der Waals surface area contributed by atoms with Crippen LogP contribution in [0.25, 0.3) is 10.9 Å². The Morgan fingerprint density at radius 1 is 1.00 bits per heavy atom. The summed E-state index contributed by atoms with van der Waals surface area (Å²) in [6.07, 6.45) is 0. The van der Waals surface area contributed by atoms with E-state index in [1.54, 1.807) is 18.2 Å². The van der Waals surface area contributed by atoms with E-state index in [-0.39, 0.29) is 22.3 Å². The number of fused-ring (bicyclic) bond motifs is 1. The van der Waals surface area contributed by atoms with Crippen molar-refractivity contribution in [1.29, 1.82) is 0 Å². The van der Waals surface area contributed by atoms with E-state index >= 15 is 0 Å². The number of aromatic nitrogens is 2. The molecular formula is C24H23N3O5S. The summed E-state index contributed by atoms with van der Waals surface area (Å²) in [6.45, 7) is 1.64. The van der Waals surface area contributed by atoms with Crippen LogP contribution in [0.3, 0.4) is 0 Å². The van der Waals surface area contributed by atoms with Crippen LogP contribution in [0.15, 0.2) is 82.5 Å². The van der Waals surface area contributed by atoms with Crippen LogP contribution in [-0.4, -0.2) is 30.2 Å². The molecule has 0 bridgehead atoms. The van der Waals surface area contributed by atoms with Crippen LogP contribution >= 0.6 is 0 Å². The van der Waals surface area contributed by atoms with Crippen molar-refractivity contribution in [2.45, 2.75) is 24.9 Å². The number of carbonyl (C=O) groups excluding carboxylic acids is 1. The monoisotopic (exact) mass is 465 g/mol. The second-order valence-electron chi connectivity index (χ2n) is 7.57. The topological polar surface area (TPSA) is 99.4 Å². The number of methoxy groups -OCH3 is 1. The van der Waals surface area contributed by atoms with E-state index < -0.39 is 28.0 Å². The first-order valence-electron chi connectivity index (χ1n) is 10.2. The SMILES string of the molecule is COc1ccc2c(c1)c(=O)n(CC(=O)NCc1ccccc1)n2S(=O)(=O)c1ccc(C)cc1. The third kappa shape index (κ3) is 4.40. The molecule has 0 aliphatic carbocycles. The molecule has 170 valence electrons. The van der Waals surface area contributed by atoms with Gasteiger partial charge in [0, 0.05) is 6.54 Å². The normalized spacial score (nSPS) is 11.5. The quantitative estimate of drug-likeness (QED) is 0.452. The predicted molar refractivity (Wildman–Crippen MR) is 125 cm³/mol. The van der Waals surface area contributed by atoms with E-state index in [4.69, 9.17) is 4.74 Å². The van der Waals surface area contributed by atoms with Gasteiger partial charge in [-0.25, -0.2) is 4.68 Å². The molecule has 3 aromatic carbocycles. The summed E-state index contributed by atoms with van der Waals surface area (Å²) in [4.78, 5) is 25.9.